The number of nitrogens with one attached hydrogen (secondary N) is 2. The van der Waals surface area contributed by atoms with Crippen LogP contribution in [-0.4, -0.2) is 27.4 Å². The third kappa shape index (κ3) is 4.27. The minimum atomic E-state index is -0.307. The molecule has 7 heteroatoms. The van der Waals surface area contributed by atoms with E-state index in [2.05, 4.69) is 32.5 Å². The number of oxazole rings is 1. The van der Waals surface area contributed by atoms with Gasteiger partial charge < -0.3 is 15.1 Å². The van der Waals surface area contributed by atoms with Crippen molar-refractivity contribution < 1.29 is 9.21 Å². The average Bonchev–Trinajstić information content (AvgIpc) is 2.99. The fourth-order valence-electron chi connectivity index (χ4n) is 1.65. The van der Waals surface area contributed by atoms with Crippen LogP contribution in [0.25, 0.3) is 0 Å². The van der Waals surface area contributed by atoms with Crippen LogP contribution < -0.4 is 10.6 Å². The van der Waals surface area contributed by atoms with Gasteiger partial charge in [-0.15, -0.1) is 0 Å². The third-order valence-corrected chi connectivity index (χ3v) is 2.77. The maximum atomic E-state index is 12.0. The van der Waals surface area contributed by atoms with Gasteiger partial charge in [0.15, 0.2) is 0 Å². The number of aromatic nitrogens is 3. The van der Waals surface area contributed by atoms with Crippen LogP contribution in [0.4, 0.5) is 5.82 Å². The molecule has 2 N–H and O–H groups in total. The van der Waals surface area contributed by atoms with Crippen molar-refractivity contribution in [2.24, 2.45) is 0 Å². The topological polar surface area (TPSA) is 92.9 Å². The second-order valence-corrected chi connectivity index (χ2v) is 4.47. The lowest BCUT2D eigenvalue weighted by atomic mass is 10.4. The molecule has 2 aromatic heterocycles. The molecule has 0 unspecified atom stereocenters. The van der Waals surface area contributed by atoms with Gasteiger partial charge in [-0.2, -0.15) is 0 Å². The Bertz CT molecular complexity index is 597. The van der Waals surface area contributed by atoms with E-state index in [9.17, 15) is 4.79 Å². The van der Waals surface area contributed by atoms with Gasteiger partial charge in [0.1, 0.15) is 17.3 Å². The third-order valence-electron chi connectivity index (χ3n) is 2.77. The van der Waals surface area contributed by atoms with E-state index in [0.717, 1.165) is 25.1 Å². The summed E-state index contributed by atoms with van der Waals surface area (Å²) < 4.78 is 5.42. The zero-order valence-corrected chi connectivity index (χ0v) is 12.2. The van der Waals surface area contributed by atoms with Gasteiger partial charge in [-0.25, -0.2) is 9.97 Å². The van der Waals surface area contributed by atoms with E-state index in [0.29, 0.717) is 11.7 Å². The second-order valence-electron chi connectivity index (χ2n) is 4.47. The Morgan fingerprint density at radius 1 is 1.29 bits per heavy atom. The molecule has 7 nitrogen and oxygen atoms in total. The maximum Gasteiger partial charge on any atom is 0.272 e. The molecule has 0 aromatic carbocycles. The average molecular weight is 289 g/mol. The second kappa shape index (κ2) is 7.37. The van der Waals surface area contributed by atoms with E-state index in [1.165, 1.54) is 6.20 Å². The van der Waals surface area contributed by atoms with E-state index >= 15 is 0 Å². The summed E-state index contributed by atoms with van der Waals surface area (Å²) in [4.78, 5) is 24.3. The first-order valence-electron chi connectivity index (χ1n) is 7.00. The molecule has 2 heterocycles. The van der Waals surface area contributed by atoms with Crippen molar-refractivity contribution in [3.8, 4) is 0 Å². The lowest BCUT2D eigenvalue weighted by Crippen LogP contribution is -2.24. The summed E-state index contributed by atoms with van der Waals surface area (Å²) in [5.74, 6) is 1.56. The summed E-state index contributed by atoms with van der Waals surface area (Å²) in [5.41, 5.74) is 0.262. The highest BCUT2D eigenvalue weighted by Gasteiger charge is 2.10. The molecule has 1 amide bonds. The summed E-state index contributed by atoms with van der Waals surface area (Å²) in [6.45, 7) is 5.05. The molecule has 0 saturated carbocycles. The van der Waals surface area contributed by atoms with Crippen LogP contribution in [0.15, 0.2) is 23.0 Å². The van der Waals surface area contributed by atoms with Gasteiger partial charge in [0.25, 0.3) is 5.91 Å². The molecule has 0 aliphatic rings. The monoisotopic (exact) mass is 289 g/mol. The number of carbonyl (C=O) groups is 1. The number of nitrogens with zero attached hydrogens (tertiary/aromatic N) is 3. The smallest absolute Gasteiger partial charge is 0.272 e. The van der Waals surface area contributed by atoms with Gasteiger partial charge in [0, 0.05) is 13.0 Å². The van der Waals surface area contributed by atoms with Crippen molar-refractivity contribution in [1.29, 1.82) is 0 Å². The summed E-state index contributed by atoms with van der Waals surface area (Å²) in [6.07, 6.45) is 6.43. The Hall–Kier alpha value is -2.44. The summed E-state index contributed by atoms with van der Waals surface area (Å²) in [7, 11) is 0. The van der Waals surface area contributed by atoms with E-state index in [1.807, 2.05) is 6.92 Å². The highest BCUT2D eigenvalue weighted by atomic mass is 16.4. The van der Waals surface area contributed by atoms with Crippen molar-refractivity contribution in [2.75, 3.05) is 11.9 Å². The van der Waals surface area contributed by atoms with Gasteiger partial charge >= 0.3 is 0 Å². The normalized spacial score (nSPS) is 10.4. The zero-order chi connectivity index (χ0) is 15.1. The predicted molar refractivity (Wildman–Crippen MR) is 77.9 cm³/mol. The van der Waals surface area contributed by atoms with Crippen LogP contribution in [0.1, 0.15) is 42.4 Å². The minimum Gasteiger partial charge on any atom is -0.444 e. The van der Waals surface area contributed by atoms with E-state index in [1.54, 1.807) is 12.4 Å². The Morgan fingerprint density at radius 3 is 2.86 bits per heavy atom. The van der Waals surface area contributed by atoms with Gasteiger partial charge in [-0.1, -0.05) is 13.8 Å². The minimum absolute atomic E-state index is 0.229. The van der Waals surface area contributed by atoms with Crippen LogP contribution in [-0.2, 0) is 13.0 Å². The van der Waals surface area contributed by atoms with E-state index in [-0.39, 0.29) is 18.1 Å². The van der Waals surface area contributed by atoms with Crippen molar-refractivity contribution in [3.05, 3.63) is 35.9 Å². The zero-order valence-electron chi connectivity index (χ0n) is 12.2. The Morgan fingerprint density at radius 2 is 2.14 bits per heavy atom. The molecule has 0 saturated heterocycles. The molecule has 2 aromatic rings. The Labute approximate surface area is 123 Å². The standard InChI is InChI=1S/C14H19N5O2/c1-3-5-16-12-8-15-7-11(19-12)14(20)18-9-13-17-6-10(4-2)21-13/h6-8H,3-5,9H2,1-2H3,(H,16,19)(H,18,20). The highest BCUT2D eigenvalue weighted by molar-refractivity contribution is 5.92. The van der Waals surface area contributed by atoms with E-state index < -0.39 is 0 Å². The quantitative estimate of drug-likeness (QED) is 0.807. The number of aryl methyl sites for hydroxylation is 1. The number of rotatable bonds is 7. The largest absolute Gasteiger partial charge is 0.444 e. The van der Waals surface area contributed by atoms with E-state index in [4.69, 9.17) is 4.42 Å². The maximum absolute atomic E-state index is 12.0. The number of hydrogen-bond donors (Lipinski definition) is 2. The van der Waals surface area contributed by atoms with Crippen LogP contribution in [0.5, 0.6) is 0 Å². The van der Waals surface area contributed by atoms with Crippen LogP contribution >= 0.6 is 0 Å². The fraction of sp³-hybridized carbons (Fsp3) is 0.429. The first-order valence-corrected chi connectivity index (χ1v) is 7.00. The summed E-state index contributed by atoms with van der Waals surface area (Å²) in [5, 5.41) is 5.80. The lowest BCUT2D eigenvalue weighted by molar-refractivity contribution is 0.0942. The summed E-state index contributed by atoms with van der Waals surface area (Å²) in [6, 6.07) is 0. The van der Waals surface area contributed by atoms with Crippen molar-refractivity contribution in [1.82, 2.24) is 20.3 Å². The van der Waals surface area contributed by atoms with Crippen LogP contribution in [0, 0.1) is 0 Å². The van der Waals surface area contributed by atoms with Gasteiger partial charge in [-0.05, 0) is 6.42 Å². The predicted octanol–water partition coefficient (Wildman–Crippen LogP) is 1.78. The molecule has 0 radical (unpaired) electrons. The van der Waals surface area contributed by atoms with Crippen LogP contribution in [0.3, 0.4) is 0 Å². The molecular formula is C14H19N5O2. The summed E-state index contributed by atoms with van der Waals surface area (Å²) >= 11 is 0. The van der Waals surface area contributed by atoms with Crippen LogP contribution in [0.2, 0.25) is 0 Å². The molecule has 112 valence electrons. The van der Waals surface area contributed by atoms with Gasteiger partial charge in [0.05, 0.1) is 25.1 Å². The lowest BCUT2D eigenvalue weighted by Gasteiger charge is -2.05. The number of hydrogen-bond acceptors (Lipinski definition) is 6. The first-order chi connectivity index (χ1) is 10.2. The van der Waals surface area contributed by atoms with Gasteiger partial charge in [-0.3, -0.25) is 9.78 Å². The highest BCUT2D eigenvalue weighted by Crippen LogP contribution is 2.05. The Kier molecular flexibility index (Phi) is 5.25. The molecule has 21 heavy (non-hydrogen) atoms. The fourth-order valence-corrected chi connectivity index (χ4v) is 1.65. The SMILES string of the molecule is CCCNc1cncc(C(=O)NCc2ncc(CC)o2)n1. The molecule has 0 atom stereocenters. The first kappa shape index (κ1) is 15.0. The molecule has 0 aliphatic heterocycles. The van der Waals surface area contributed by atoms with Gasteiger partial charge in [0.2, 0.25) is 5.89 Å². The van der Waals surface area contributed by atoms with Crippen molar-refractivity contribution in [3.63, 3.8) is 0 Å². The molecule has 0 spiro atoms. The molecule has 2 rings (SSSR count). The Balaban J connectivity index is 1.93. The number of anilines is 1. The number of carbonyl (C=O) groups excluding carboxylic acids is 1. The molecular weight excluding hydrogens is 270 g/mol. The molecule has 0 aliphatic carbocycles. The number of amides is 1. The van der Waals surface area contributed by atoms with Crippen molar-refractivity contribution >= 4 is 11.7 Å². The van der Waals surface area contributed by atoms with Crippen molar-refractivity contribution in [2.45, 2.75) is 33.2 Å². The molecule has 0 bridgehead atoms. The molecule has 0 fully saturated rings.